The first-order valence-corrected chi connectivity index (χ1v) is 9.75. The number of ether oxygens (including phenoxy) is 1. The molecule has 0 bridgehead atoms. The topological polar surface area (TPSA) is 76.5 Å². The van der Waals surface area contributed by atoms with Crippen LogP contribution in [0.4, 0.5) is 9.18 Å². The average molecular weight is 404 g/mol. The lowest BCUT2D eigenvalue weighted by Crippen LogP contribution is -2.41. The summed E-state index contributed by atoms with van der Waals surface area (Å²) in [6.45, 7) is 10.3. The number of amides is 2. The molecule has 0 spiro atoms. The van der Waals surface area contributed by atoms with Gasteiger partial charge in [-0.2, -0.15) is 5.10 Å². The van der Waals surface area contributed by atoms with Crippen molar-refractivity contribution in [1.82, 2.24) is 20.0 Å². The van der Waals surface area contributed by atoms with Crippen molar-refractivity contribution < 1.29 is 18.7 Å². The van der Waals surface area contributed by atoms with E-state index < -0.39 is 11.7 Å². The van der Waals surface area contributed by atoms with Gasteiger partial charge in [-0.3, -0.25) is 4.79 Å². The zero-order chi connectivity index (χ0) is 21.6. The van der Waals surface area contributed by atoms with Gasteiger partial charge in [-0.15, -0.1) is 0 Å². The Morgan fingerprint density at radius 1 is 1.21 bits per heavy atom. The Labute approximate surface area is 170 Å². The van der Waals surface area contributed by atoms with Gasteiger partial charge in [0.25, 0.3) is 5.91 Å². The third kappa shape index (κ3) is 6.04. The zero-order valence-corrected chi connectivity index (χ0v) is 17.7. The normalized spacial score (nSPS) is 11.2. The molecule has 2 rings (SSSR count). The molecule has 0 atom stereocenters. The monoisotopic (exact) mass is 404 g/mol. The molecule has 158 valence electrons. The van der Waals surface area contributed by atoms with E-state index in [2.05, 4.69) is 10.4 Å². The van der Waals surface area contributed by atoms with Crippen LogP contribution in [0.25, 0.3) is 5.69 Å². The number of benzene rings is 1. The van der Waals surface area contributed by atoms with Gasteiger partial charge in [0.15, 0.2) is 0 Å². The SMILES string of the molecule is CCc1c(C(=O)NCCN(CC)C(=O)OC(C)(C)C)cnn1-c1ccc(F)cc1. The number of nitrogens with zero attached hydrogens (tertiary/aromatic N) is 3. The van der Waals surface area contributed by atoms with E-state index in [1.165, 1.54) is 23.2 Å². The summed E-state index contributed by atoms with van der Waals surface area (Å²) in [6, 6.07) is 5.94. The standard InChI is InChI=1S/C21H29FN4O3/c1-6-18-17(14-24-26(18)16-10-8-15(22)9-11-16)19(27)23-12-13-25(7-2)20(28)29-21(3,4)5/h8-11,14H,6-7,12-13H2,1-5H3,(H,23,27). The predicted molar refractivity (Wildman–Crippen MR) is 109 cm³/mol. The molecule has 0 fully saturated rings. The molecule has 7 nitrogen and oxygen atoms in total. The molecule has 1 aromatic carbocycles. The number of carbonyl (C=O) groups is 2. The molecule has 8 heteroatoms. The van der Waals surface area contributed by atoms with Crippen LogP contribution in [0.3, 0.4) is 0 Å². The highest BCUT2D eigenvalue weighted by Gasteiger charge is 2.22. The number of rotatable bonds is 7. The predicted octanol–water partition coefficient (Wildman–Crippen LogP) is 3.56. The molecule has 1 heterocycles. The van der Waals surface area contributed by atoms with Crippen LogP contribution in [0.2, 0.25) is 0 Å². The van der Waals surface area contributed by atoms with Crippen LogP contribution in [0, 0.1) is 5.82 Å². The number of hydrogen-bond acceptors (Lipinski definition) is 4. The minimum Gasteiger partial charge on any atom is -0.444 e. The zero-order valence-electron chi connectivity index (χ0n) is 17.7. The third-order valence-corrected chi connectivity index (χ3v) is 4.22. The van der Waals surface area contributed by atoms with E-state index in [1.807, 2.05) is 34.6 Å². The van der Waals surface area contributed by atoms with E-state index in [4.69, 9.17) is 4.74 Å². The maximum atomic E-state index is 13.2. The van der Waals surface area contributed by atoms with Gasteiger partial charge in [0.2, 0.25) is 0 Å². The summed E-state index contributed by atoms with van der Waals surface area (Å²) in [4.78, 5) is 26.3. The fourth-order valence-corrected chi connectivity index (χ4v) is 2.81. The Kier molecular flexibility index (Phi) is 7.36. The lowest BCUT2D eigenvalue weighted by Gasteiger charge is -2.26. The second-order valence-electron chi connectivity index (χ2n) is 7.56. The molecule has 0 saturated heterocycles. The van der Waals surface area contributed by atoms with Crippen LogP contribution < -0.4 is 5.32 Å². The molecule has 29 heavy (non-hydrogen) atoms. The molecule has 0 aliphatic heterocycles. The highest BCUT2D eigenvalue weighted by molar-refractivity contribution is 5.95. The van der Waals surface area contributed by atoms with Gasteiger partial charge in [-0.1, -0.05) is 6.92 Å². The molecular formula is C21H29FN4O3. The van der Waals surface area contributed by atoms with Gasteiger partial charge in [-0.25, -0.2) is 13.9 Å². The smallest absolute Gasteiger partial charge is 0.410 e. The van der Waals surface area contributed by atoms with E-state index in [1.54, 1.807) is 16.8 Å². The van der Waals surface area contributed by atoms with Gasteiger partial charge in [0.1, 0.15) is 11.4 Å². The number of likely N-dealkylation sites (N-methyl/N-ethyl adjacent to an activating group) is 1. The number of halogens is 1. The summed E-state index contributed by atoms with van der Waals surface area (Å²) < 4.78 is 20.2. The van der Waals surface area contributed by atoms with Crippen molar-refractivity contribution in [3.8, 4) is 5.69 Å². The molecular weight excluding hydrogens is 375 g/mol. The van der Waals surface area contributed by atoms with Crippen molar-refractivity contribution in [2.75, 3.05) is 19.6 Å². The van der Waals surface area contributed by atoms with Gasteiger partial charge in [0, 0.05) is 19.6 Å². The van der Waals surface area contributed by atoms with Crippen LogP contribution in [0.1, 0.15) is 50.7 Å². The molecule has 2 amide bonds. The summed E-state index contributed by atoms with van der Waals surface area (Å²) in [6.07, 6.45) is 1.68. The van der Waals surface area contributed by atoms with Crippen molar-refractivity contribution in [3.63, 3.8) is 0 Å². The minimum absolute atomic E-state index is 0.268. The molecule has 1 N–H and O–H groups in total. The number of hydrogen-bond donors (Lipinski definition) is 1. The van der Waals surface area contributed by atoms with E-state index >= 15 is 0 Å². The summed E-state index contributed by atoms with van der Waals surface area (Å²) in [5, 5.41) is 7.11. The second kappa shape index (κ2) is 9.54. The fraction of sp³-hybridized carbons (Fsp3) is 0.476. The molecule has 0 unspecified atom stereocenters. The van der Waals surface area contributed by atoms with Gasteiger partial charge in [0.05, 0.1) is 23.1 Å². The van der Waals surface area contributed by atoms with Crippen molar-refractivity contribution in [2.24, 2.45) is 0 Å². The largest absolute Gasteiger partial charge is 0.444 e. The van der Waals surface area contributed by atoms with Crippen molar-refractivity contribution in [2.45, 2.75) is 46.6 Å². The van der Waals surface area contributed by atoms with Crippen molar-refractivity contribution >= 4 is 12.0 Å². The Hall–Kier alpha value is -2.90. The first-order valence-electron chi connectivity index (χ1n) is 9.75. The summed E-state index contributed by atoms with van der Waals surface area (Å²) >= 11 is 0. The average Bonchev–Trinajstić information content (AvgIpc) is 3.08. The molecule has 0 aliphatic carbocycles. The van der Waals surface area contributed by atoms with Crippen LogP contribution in [-0.4, -0.2) is 51.9 Å². The molecule has 0 aliphatic rings. The van der Waals surface area contributed by atoms with Gasteiger partial charge >= 0.3 is 6.09 Å². The highest BCUT2D eigenvalue weighted by atomic mass is 19.1. The maximum absolute atomic E-state index is 13.2. The maximum Gasteiger partial charge on any atom is 0.410 e. The van der Waals surface area contributed by atoms with E-state index in [0.717, 1.165) is 5.69 Å². The van der Waals surface area contributed by atoms with Crippen LogP contribution in [0.5, 0.6) is 0 Å². The first-order chi connectivity index (χ1) is 13.7. The molecule has 0 saturated carbocycles. The van der Waals surface area contributed by atoms with Crippen LogP contribution in [-0.2, 0) is 11.2 Å². The van der Waals surface area contributed by atoms with E-state index in [0.29, 0.717) is 30.8 Å². The fourth-order valence-electron chi connectivity index (χ4n) is 2.81. The third-order valence-electron chi connectivity index (χ3n) is 4.22. The molecule has 2 aromatic rings. The Bertz CT molecular complexity index is 841. The highest BCUT2D eigenvalue weighted by Crippen LogP contribution is 2.16. The summed E-state index contributed by atoms with van der Waals surface area (Å²) in [7, 11) is 0. The minimum atomic E-state index is -0.571. The second-order valence-corrected chi connectivity index (χ2v) is 7.56. The quantitative estimate of drug-likeness (QED) is 0.766. The van der Waals surface area contributed by atoms with E-state index in [9.17, 15) is 14.0 Å². The Morgan fingerprint density at radius 3 is 2.41 bits per heavy atom. The van der Waals surface area contributed by atoms with Crippen LogP contribution >= 0.6 is 0 Å². The molecule has 0 radical (unpaired) electrons. The van der Waals surface area contributed by atoms with Crippen LogP contribution in [0.15, 0.2) is 30.5 Å². The number of carbonyl (C=O) groups excluding carboxylic acids is 2. The van der Waals surface area contributed by atoms with E-state index in [-0.39, 0.29) is 18.3 Å². The lowest BCUT2D eigenvalue weighted by molar-refractivity contribution is 0.0260. The summed E-state index contributed by atoms with van der Waals surface area (Å²) in [5.74, 6) is -0.599. The van der Waals surface area contributed by atoms with Crippen molar-refractivity contribution in [3.05, 3.63) is 47.5 Å². The Morgan fingerprint density at radius 2 is 1.86 bits per heavy atom. The van der Waals surface area contributed by atoms with Gasteiger partial charge in [-0.05, 0) is 58.4 Å². The number of nitrogens with one attached hydrogen (secondary N) is 1. The Balaban J connectivity index is 2.02. The summed E-state index contributed by atoms with van der Waals surface area (Å²) in [5.41, 5.74) is 1.30. The lowest BCUT2D eigenvalue weighted by atomic mass is 10.2. The van der Waals surface area contributed by atoms with Gasteiger partial charge < -0.3 is 15.0 Å². The first kappa shape index (κ1) is 22.4. The number of aromatic nitrogens is 2. The van der Waals surface area contributed by atoms with Crippen molar-refractivity contribution in [1.29, 1.82) is 0 Å². The molecule has 1 aromatic heterocycles.